The quantitative estimate of drug-likeness (QED) is 0.753. The molecule has 0 bridgehead atoms. The van der Waals surface area contributed by atoms with Crippen LogP contribution in [0, 0.1) is 6.92 Å². The van der Waals surface area contributed by atoms with Gasteiger partial charge in [0.1, 0.15) is 17.0 Å². The molecule has 1 atom stereocenters. The van der Waals surface area contributed by atoms with Gasteiger partial charge in [-0.1, -0.05) is 0 Å². The standard InChI is InChI=1S/C12H13ClN6S/c1-6-4-8-9(16-12(13)17-11(8)20-6)15-7(2)10-18-14-5-19(10)3/h4-5,7H,1-3H3,(H,15,16,17). The molecule has 0 aromatic carbocycles. The van der Waals surface area contributed by atoms with Crippen LogP contribution >= 0.6 is 22.9 Å². The number of nitrogens with zero attached hydrogens (tertiary/aromatic N) is 5. The number of aryl methyl sites for hydroxylation is 2. The summed E-state index contributed by atoms with van der Waals surface area (Å²) < 4.78 is 1.87. The van der Waals surface area contributed by atoms with Crippen molar-refractivity contribution in [3.8, 4) is 0 Å². The molecule has 3 aromatic heterocycles. The second-order valence-corrected chi connectivity index (χ2v) is 6.16. The van der Waals surface area contributed by atoms with E-state index in [0.29, 0.717) is 0 Å². The van der Waals surface area contributed by atoms with Crippen LogP contribution in [0.3, 0.4) is 0 Å². The van der Waals surface area contributed by atoms with Gasteiger partial charge in [0, 0.05) is 11.9 Å². The van der Waals surface area contributed by atoms with E-state index in [4.69, 9.17) is 11.6 Å². The van der Waals surface area contributed by atoms with Gasteiger partial charge < -0.3 is 9.88 Å². The molecule has 0 aliphatic rings. The average molecular weight is 309 g/mol. The fraction of sp³-hybridized carbons (Fsp3) is 0.333. The molecular formula is C12H13ClN6S. The van der Waals surface area contributed by atoms with Crippen molar-refractivity contribution >= 4 is 39.0 Å². The molecular weight excluding hydrogens is 296 g/mol. The van der Waals surface area contributed by atoms with Crippen LogP contribution < -0.4 is 5.32 Å². The molecule has 0 saturated carbocycles. The molecule has 0 amide bonds. The highest BCUT2D eigenvalue weighted by Crippen LogP contribution is 2.31. The molecule has 8 heteroatoms. The molecule has 0 aliphatic carbocycles. The lowest BCUT2D eigenvalue weighted by Crippen LogP contribution is -2.13. The lowest BCUT2D eigenvalue weighted by atomic mass is 10.3. The van der Waals surface area contributed by atoms with Crippen molar-refractivity contribution in [1.29, 1.82) is 0 Å². The minimum Gasteiger partial charge on any atom is -0.360 e. The van der Waals surface area contributed by atoms with Crippen LogP contribution in [0.1, 0.15) is 23.7 Å². The summed E-state index contributed by atoms with van der Waals surface area (Å²) in [7, 11) is 1.91. The van der Waals surface area contributed by atoms with E-state index in [1.165, 1.54) is 4.88 Å². The van der Waals surface area contributed by atoms with Crippen LogP contribution in [0.15, 0.2) is 12.4 Å². The largest absolute Gasteiger partial charge is 0.360 e. The minimum absolute atomic E-state index is 0.0307. The molecule has 0 spiro atoms. The van der Waals surface area contributed by atoms with Crippen LogP contribution in [-0.4, -0.2) is 24.7 Å². The molecule has 1 N–H and O–H groups in total. The maximum Gasteiger partial charge on any atom is 0.225 e. The molecule has 0 fully saturated rings. The van der Waals surface area contributed by atoms with E-state index in [1.54, 1.807) is 17.7 Å². The number of thiophene rings is 1. The number of rotatable bonds is 3. The second kappa shape index (κ2) is 4.99. The van der Waals surface area contributed by atoms with Crippen LogP contribution in [0.5, 0.6) is 0 Å². The highest BCUT2D eigenvalue weighted by atomic mass is 35.5. The monoisotopic (exact) mass is 308 g/mol. The highest BCUT2D eigenvalue weighted by molar-refractivity contribution is 7.18. The van der Waals surface area contributed by atoms with E-state index in [-0.39, 0.29) is 11.3 Å². The minimum atomic E-state index is -0.0307. The van der Waals surface area contributed by atoms with Gasteiger partial charge in [0.2, 0.25) is 5.28 Å². The van der Waals surface area contributed by atoms with Crippen molar-refractivity contribution < 1.29 is 0 Å². The molecule has 0 radical (unpaired) electrons. The van der Waals surface area contributed by atoms with Crippen molar-refractivity contribution in [2.45, 2.75) is 19.9 Å². The number of fused-ring (bicyclic) bond motifs is 1. The number of hydrogen-bond donors (Lipinski definition) is 1. The Bertz CT molecular complexity index is 764. The smallest absolute Gasteiger partial charge is 0.225 e. The first-order valence-corrected chi connectivity index (χ1v) is 7.28. The Morgan fingerprint density at radius 1 is 1.40 bits per heavy atom. The second-order valence-electron chi connectivity index (χ2n) is 4.58. The fourth-order valence-electron chi connectivity index (χ4n) is 2.08. The Morgan fingerprint density at radius 3 is 2.90 bits per heavy atom. The van der Waals surface area contributed by atoms with Crippen molar-refractivity contribution in [2.24, 2.45) is 7.05 Å². The molecule has 20 heavy (non-hydrogen) atoms. The zero-order valence-corrected chi connectivity index (χ0v) is 12.8. The Labute approximate surface area is 124 Å². The number of halogens is 1. The van der Waals surface area contributed by atoms with Crippen LogP contribution in [0.4, 0.5) is 5.82 Å². The summed E-state index contributed by atoms with van der Waals surface area (Å²) in [5.74, 6) is 1.56. The molecule has 6 nitrogen and oxygen atoms in total. The molecule has 104 valence electrons. The van der Waals surface area contributed by atoms with E-state index < -0.39 is 0 Å². The van der Waals surface area contributed by atoms with Gasteiger partial charge >= 0.3 is 0 Å². The maximum absolute atomic E-state index is 5.98. The van der Waals surface area contributed by atoms with Crippen LogP contribution in [-0.2, 0) is 7.05 Å². The van der Waals surface area contributed by atoms with E-state index in [9.17, 15) is 0 Å². The normalized spacial score (nSPS) is 12.8. The van der Waals surface area contributed by atoms with Crippen molar-refractivity contribution in [3.05, 3.63) is 28.4 Å². The zero-order valence-electron chi connectivity index (χ0n) is 11.3. The Morgan fingerprint density at radius 2 is 2.20 bits per heavy atom. The third-order valence-corrected chi connectivity index (χ3v) is 4.09. The maximum atomic E-state index is 5.98. The van der Waals surface area contributed by atoms with Crippen LogP contribution in [0.2, 0.25) is 5.28 Å². The van der Waals surface area contributed by atoms with Crippen molar-refractivity contribution in [2.75, 3.05) is 5.32 Å². The summed E-state index contributed by atoms with van der Waals surface area (Å²) >= 11 is 7.58. The van der Waals surface area contributed by atoms with Gasteiger partial charge in [0.15, 0.2) is 5.82 Å². The van der Waals surface area contributed by atoms with E-state index in [2.05, 4.69) is 31.5 Å². The molecule has 3 rings (SSSR count). The Balaban J connectivity index is 2.00. The van der Waals surface area contributed by atoms with Gasteiger partial charge in [-0.25, -0.2) is 9.97 Å². The predicted octanol–water partition coefficient (Wildman–Crippen LogP) is 2.95. The van der Waals surface area contributed by atoms with Gasteiger partial charge in [0.05, 0.1) is 11.4 Å². The van der Waals surface area contributed by atoms with Gasteiger partial charge in [0.25, 0.3) is 0 Å². The van der Waals surface area contributed by atoms with Crippen molar-refractivity contribution in [1.82, 2.24) is 24.7 Å². The molecule has 3 heterocycles. The summed E-state index contributed by atoms with van der Waals surface area (Å²) in [6.45, 7) is 4.04. The molecule has 1 unspecified atom stereocenters. The van der Waals surface area contributed by atoms with Crippen molar-refractivity contribution in [3.63, 3.8) is 0 Å². The van der Waals surface area contributed by atoms with Gasteiger partial charge in [-0.05, 0) is 31.5 Å². The Hall–Kier alpha value is -1.73. The molecule has 0 aliphatic heterocycles. The highest BCUT2D eigenvalue weighted by Gasteiger charge is 2.15. The number of nitrogens with one attached hydrogen (secondary N) is 1. The topological polar surface area (TPSA) is 68.5 Å². The van der Waals surface area contributed by atoms with Crippen LogP contribution in [0.25, 0.3) is 10.2 Å². The lowest BCUT2D eigenvalue weighted by Gasteiger charge is -2.14. The van der Waals surface area contributed by atoms with E-state index >= 15 is 0 Å². The van der Waals surface area contributed by atoms with Gasteiger partial charge in [-0.2, -0.15) is 0 Å². The first kappa shape index (κ1) is 13.3. The number of anilines is 1. The summed E-state index contributed by atoms with van der Waals surface area (Å²) in [5.41, 5.74) is 0. The summed E-state index contributed by atoms with van der Waals surface area (Å²) in [4.78, 5) is 10.6. The average Bonchev–Trinajstić information content (AvgIpc) is 2.94. The lowest BCUT2D eigenvalue weighted by molar-refractivity contribution is 0.717. The summed E-state index contributed by atoms with van der Waals surface area (Å²) in [5, 5.41) is 12.5. The zero-order chi connectivity index (χ0) is 14.3. The van der Waals surface area contributed by atoms with Gasteiger partial charge in [-0.15, -0.1) is 21.5 Å². The van der Waals surface area contributed by atoms with E-state index in [0.717, 1.165) is 21.9 Å². The predicted molar refractivity (Wildman–Crippen MR) is 80.2 cm³/mol. The first-order chi connectivity index (χ1) is 9.54. The summed E-state index contributed by atoms with van der Waals surface area (Å²) in [6, 6.07) is 2.03. The third-order valence-electron chi connectivity index (χ3n) is 2.98. The number of hydrogen-bond acceptors (Lipinski definition) is 6. The summed E-state index contributed by atoms with van der Waals surface area (Å²) in [6.07, 6.45) is 1.67. The molecule has 0 saturated heterocycles. The van der Waals surface area contributed by atoms with Gasteiger partial charge in [-0.3, -0.25) is 0 Å². The first-order valence-electron chi connectivity index (χ1n) is 6.08. The Kier molecular flexibility index (Phi) is 3.31. The number of aromatic nitrogens is 5. The third kappa shape index (κ3) is 2.34. The SMILES string of the molecule is Cc1cc2c(NC(C)c3nncn3C)nc(Cl)nc2s1. The van der Waals surface area contributed by atoms with E-state index in [1.807, 2.05) is 25.5 Å². The fourth-order valence-corrected chi connectivity index (χ4v) is 3.18. The molecule has 3 aromatic rings.